The van der Waals surface area contributed by atoms with Crippen LogP contribution in [0.4, 0.5) is 5.69 Å². The Balaban J connectivity index is 1.96. The number of ether oxygens (including phenoxy) is 1. The van der Waals surface area contributed by atoms with Gasteiger partial charge in [0.25, 0.3) is 0 Å². The molecule has 0 radical (unpaired) electrons. The Morgan fingerprint density at radius 2 is 2.00 bits per heavy atom. The highest BCUT2D eigenvalue weighted by atomic mass is 32.2. The van der Waals surface area contributed by atoms with Gasteiger partial charge >= 0.3 is 5.97 Å². The molecule has 7 nitrogen and oxygen atoms in total. The van der Waals surface area contributed by atoms with E-state index in [1.165, 1.54) is 19.2 Å². The summed E-state index contributed by atoms with van der Waals surface area (Å²) in [6.45, 7) is 0.0955. The first-order valence-electron chi connectivity index (χ1n) is 6.54. The van der Waals surface area contributed by atoms with Crippen LogP contribution >= 0.6 is 0 Å². The molecule has 8 heteroatoms. The number of methoxy groups -OCH3 is 1. The number of nitrogens with one attached hydrogen (secondary N) is 2. The first-order valence-corrected chi connectivity index (χ1v) is 8.02. The lowest BCUT2D eigenvalue weighted by atomic mass is 10.3. The number of aliphatic carboxylic acids is 1. The van der Waals surface area contributed by atoms with Gasteiger partial charge < -0.3 is 15.2 Å². The lowest BCUT2D eigenvalue weighted by molar-refractivity contribution is -0.147. The minimum absolute atomic E-state index is 0.0610. The molecule has 0 bridgehead atoms. The van der Waals surface area contributed by atoms with Crippen LogP contribution in [0, 0.1) is 0 Å². The molecular formula is C13H18N2O5S. The van der Waals surface area contributed by atoms with Crippen LogP contribution < -0.4 is 10.0 Å². The van der Waals surface area contributed by atoms with Crippen molar-refractivity contribution >= 4 is 21.7 Å². The van der Waals surface area contributed by atoms with E-state index in [1.54, 1.807) is 12.1 Å². The van der Waals surface area contributed by atoms with E-state index in [1.807, 2.05) is 0 Å². The van der Waals surface area contributed by atoms with E-state index < -0.39 is 22.1 Å². The smallest absolute Gasteiger partial charge is 0.334 e. The highest BCUT2D eigenvalue weighted by Gasteiger charge is 2.27. The third-order valence-electron chi connectivity index (χ3n) is 3.12. The van der Waals surface area contributed by atoms with Crippen LogP contribution in [-0.2, 0) is 19.6 Å². The van der Waals surface area contributed by atoms with Crippen molar-refractivity contribution in [2.24, 2.45) is 0 Å². The zero-order valence-electron chi connectivity index (χ0n) is 11.6. The van der Waals surface area contributed by atoms with E-state index in [2.05, 4.69) is 10.0 Å². The van der Waals surface area contributed by atoms with Crippen molar-refractivity contribution in [2.75, 3.05) is 19.0 Å². The van der Waals surface area contributed by atoms with E-state index in [-0.39, 0.29) is 17.5 Å². The maximum atomic E-state index is 12.0. The molecule has 1 aliphatic carbocycles. The van der Waals surface area contributed by atoms with Crippen LogP contribution in [0.15, 0.2) is 29.2 Å². The molecule has 116 valence electrons. The summed E-state index contributed by atoms with van der Waals surface area (Å²) in [6.07, 6.45) is 0.809. The van der Waals surface area contributed by atoms with Crippen molar-refractivity contribution in [2.45, 2.75) is 29.9 Å². The maximum Gasteiger partial charge on any atom is 0.334 e. The second kappa shape index (κ2) is 6.42. The lowest BCUT2D eigenvalue weighted by Gasteiger charge is -2.13. The first-order chi connectivity index (χ1) is 9.92. The van der Waals surface area contributed by atoms with Gasteiger partial charge in [-0.2, -0.15) is 0 Å². The lowest BCUT2D eigenvalue weighted by Crippen LogP contribution is -2.30. The Kier molecular flexibility index (Phi) is 4.81. The second-order valence-electron chi connectivity index (χ2n) is 4.86. The second-order valence-corrected chi connectivity index (χ2v) is 6.58. The molecule has 1 atom stereocenters. The fourth-order valence-corrected chi connectivity index (χ4v) is 3.03. The Hall–Kier alpha value is -1.64. The van der Waals surface area contributed by atoms with E-state index in [4.69, 9.17) is 9.84 Å². The van der Waals surface area contributed by atoms with Crippen LogP contribution in [-0.4, -0.2) is 45.3 Å². The molecule has 1 saturated carbocycles. The maximum absolute atomic E-state index is 12.0. The number of carbonyl (C=O) groups is 1. The number of carboxylic acids is 1. The third-order valence-corrected chi connectivity index (χ3v) is 4.65. The number of carboxylic acid groups (broad SMARTS) is 1. The standard InChI is InChI=1S/C13H18N2O5S/c1-20-12(13(16)17)8-14-9-4-6-11(7-5-9)21(18,19)15-10-2-3-10/h4-7,10,12,14-15H,2-3,8H2,1H3,(H,16,17). The molecule has 0 amide bonds. The van der Waals surface area contributed by atoms with E-state index in [0.717, 1.165) is 12.8 Å². The molecule has 0 saturated heterocycles. The van der Waals surface area contributed by atoms with Crippen LogP contribution in [0.3, 0.4) is 0 Å². The minimum Gasteiger partial charge on any atom is -0.479 e. The predicted molar refractivity (Wildman–Crippen MR) is 76.7 cm³/mol. The van der Waals surface area contributed by atoms with Crippen molar-refractivity contribution in [1.82, 2.24) is 4.72 Å². The van der Waals surface area contributed by atoms with Crippen LogP contribution in [0.25, 0.3) is 0 Å². The molecule has 0 aliphatic heterocycles. The molecule has 3 N–H and O–H groups in total. The fourth-order valence-electron chi connectivity index (χ4n) is 1.72. The van der Waals surface area contributed by atoms with Crippen molar-refractivity contribution in [3.05, 3.63) is 24.3 Å². The minimum atomic E-state index is -3.46. The Morgan fingerprint density at radius 1 is 1.38 bits per heavy atom. The number of sulfonamides is 1. The fraction of sp³-hybridized carbons (Fsp3) is 0.462. The quantitative estimate of drug-likeness (QED) is 0.650. The molecule has 0 aromatic heterocycles. The van der Waals surface area contributed by atoms with Gasteiger partial charge in [-0.05, 0) is 37.1 Å². The van der Waals surface area contributed by atoms with Gasteiger partial charge in [0.05, 0.1) is 11.4 Å². The van der Waals surface area contributed by atoms with Crippen molar-refractivity contribution in [1.29, 1.82) is 0 Å². The number of hydrogen-bond acceptors (Lipinski definition) is 5. The van der Waals surface area contributed by atoms with Crippen LogP contribution in [0.2, 0.25) is 0 Å². The van der Waals surface area contributed by atoms with Gasteiger partial charge in [-0.3, -0.25) is 0 Å². The van der Waals surface area contributed by atoms with Crippen LogP contribution in [0.5, 0.6) is 0 Å². The van der Waals surface area contributed by atoms with E-state index in [9.17, 15) is 13.2 Å². The molecule has 0 spiro atoms. The van der Waals surface area contributed by atoms with Gasteiger partial charge in [0.1, 0.15) is 0 Å². The Labute approximate surface area is 123 Å². The van der Waals surface area contributed by atoms with Crippen LogP contribution in [0.1, 0.15) is 12.8 Å². The largest absolute Gasteiger partial charge is 0.479 e. The molecule has 0 heterocycles. The van der Waals surface area contributed by atoms with Crippen molar-refractivity contribution in [3.63, 3.8) is 0 Å². The summed E-state index contributed by atoms with van der Waals surface area (Å²) in [5.41, 5.74) is 0.628. The van der Waals surface area contributed by atoms with Gasteiger partial charge in [0.15, 0.2) is 6.10 Å². The molecule has 1 unspecified atom stereocenters. The molecule has 1 aromatic carbocycles. The SMILES string of the molecule is COC(CNc1ccc(S(=O)(=O)NC2CC2)cc1)C(=O)O. The van der Waals surface area contributed by atoms with Gasteiger partial charge in [-0.15, -0.1) is 0 Å². The Morgan fingerprint density at radius 3 is 2.48 bits per heavy atom. The molecule has 1 fully saturated rings. The third kappa shape index (κ3) is 4.42. The molecule has 21 heavy (non-hydrogen) atoms. The van der Waals surface area contributed by atoms with Crippen molar-refractivity contribution < 1.29 is 23.1 Å². The van der Waals surface area contributed by atoms with Gasteiger partial charge in [0.2, 0.25) is 10.0 Å². The topological polar surface area (TPSA) is 105 Å². The number of hydrogen-bond donors (Lipinski definition) is 3. The highest BCUT2D eigenvalue weighted by molar-refractivity contribution is 7.89. The average Bonchev–Trinajstić information content (AvgIpc) is 3.23. The summed E-state index contributed by atoms with van der Waals surface area (Å²) in [4.78, 5) is 11.0. The van der Waals surface area contributed by atoms with E-state index >= 15 is 0 Å². The average molecular weight is 314 g/mol. The number of rotatable bonds is 8. The highest BCUT2D eigenvalue weighted by Crippen LogP contribution is 2.22. The number of benzene rings is 1. The molecular weight excluding hydrogens is 296 g/mol. The molecule has 1 aliphatic rings. The number of anilines is 1. The van der Waals surface area contributed by atoms with Crippen molar-refractivity contribution in [3.8, 4) is 0 Å². The summed E-state index contributed by atoms with van der Waals surface area (Å²) < 4.78 is 31.3. The zero-order valence-corrected chi connectivity index (χ0v) is 12.4. The molecule has 2 rings (SSSR count). The first kappa shape index (κ1) is 15.7. The zero-order chi connectivity index (χ0) is 15.5. The van der Waals surface area contributed by atoms with E-state index in [0.29, 0.717) is 5.69 Å². The Bertz CT molecular complexity index is 595. The summed E-state index contributed by atoms with van der Waals surface area (Å²) in [6, 6.07) is 6.21. The summed E-state index contributed by atoms with van der Waals surface area (Å²) >= 11 is 0. The summed E-state index contributed by atoms with van der Waals surface area (Å²) in [5.74, 6) is -1.06. The van der Waals surface area contributed by atoms with Gasteiger partial charge in [-0.1, -0.05) is 0 Å². The normalized spacial score (nSPS) is 16.4. The molecule has 1 aromatic rings. The predicted octanol–water partition coefficient (Wildman–Crippen LogP) is 0.639. The summed E-state index contributed by atoms with van der Waals surface area (Å²) in [7, 11) is -2.14. The summed E-state index contributed by atoms with van der Waals surface area (Å²) in [5, 5.41) is 11.7. The monoisotopic (exact) mass is 314 g/mol. The van der Waals surface area contributed by atoms with Gasteiger partial charge in [0, 0.05) is 18.8 Å². The van der Waals surface area contributed by atoms with Gasteiger partial charge in [-0.25, -0.2) is 17.9 Å².